The molecule has 0 atom stereocenters. The van der Waals surface area contributed by atoms with Crippen LogP contribution in [0.5, 0.6) is 0 Å². The van der Waals surface area contributed by atoms with Crippen molar-refractivity contribution in [2.75, 3.05) is 5.75 Å². The summed E-state index contributed by atoms with van der Waals surface area (Å²) < 4.78 is 5.21. The number of carboxylic acid groups (broad SMARTS) is 1. The van der Waals surface area contributed by atoms with Gasteiger partial charge < -0.3 is 14.6 Å². The molecular weight excluding hydrogens is 254 g/mol. The minimum Gasteiger partial charge on any atom is -0.481 e. The number of aliphatic carboxylic acids is 1. The van der Waals surface area contributed by atoms with Gasteiger partial charge in [0, 0.05) is 5.75 Å². The molecule has 0 radical (unpaired) electrons. The second-order valence-electron chi connectivity index (χ2n) is 4.88. The molecule has 1 aromatic heterocycles. The third kappa shape index (κ3) is 3.26. The summed E-state index contributed by atoms with van der Waals surface area (Å²) >= 11 is 1.38. The number of rotatable bonds is 4. The molecule has 1 fully saturated rings. The molecule has 0 bridgehead atoms. The van der Waals surface area contributed by atoms with Crippen LogP contribution in [0, 0.1) is 12.8 Å². The van der Waals surface area contributed by atoms with E-state index >= 15 is 0 Å². The number of carbonyl (C=O) groups is 1. The van der Waals surface area contributed by atoms with Gasteiger partial charge in [-0.25, -0.2) is 4.98 Å². The van der Waals surface area contributed by atoms with Crippen LogP contribution in [0.25, 0.3) is 0 Å². The number of nitrogens with zero attached hydrogens (tertiary/aromatic N) is 1. The van der Waals surface area contributed by atoms with Crippen LogP contribution in [0.4, 0.5) is 0 Å². The van der Waals surface area contributed by atoms with E-state index < -0.39 is 11.6 Å². The van der Waals surface area contributed by atoms with Crippen LogP contribution in [-0.2, 0) is 4.79 Å². The highest BCUT2D eigenvalue weighted by Crippen LogP contribution is 2.36. The molecule has 6 heteroatoms. The van der Waals surface area contributed by atoms with E-state index in [9.17, 15) is 9.90 Å². The third-order valence-electron chi connectivity index (χ3n) is 3.33. The van der Waals surface area contributed by atoms with Crippen LogP contribution in [0.1, 0.15) is 31.4 Å². The number of thioether (sulfide) groups is 1. The number of hydrogen-bond donors (Lipinski definition) is 2. The van der Waals surface area contributed by atoms with Gasteiger partial charge in [-0.05, 0) is 32.6 Å². The fraction of sp³-hybridized carbons (Fsp3) is 0.667. The topological polar surface area (TPSA) is 83.6 Å². The van der Waals surface area contributed by atoms with Gasteiger partial charge in [0.15, 0.2) is 0 Å². The molecule has 0 unspecified atom stereocenters. The summed E-state index contributed by atoms with van der Waals surface area (Å²) in [6.45, 7) is 1.85. The first-order valence-electron chi connectivity index (χ1n) is 5.99. The zero-order valence-corrected chi connectivity index (χ0v) is 11.1. The molecule has 0 amide bonds. The number of aromatic nitrogens is 1. The average molecular weight is 271 g/mol. The van der Waals surface area contributed by atoms with Crippen LogP contribution >= 0.6 is 11.8 Å². The van der Waals surface area contributed by atoms with Crippen LogP contribution in [0.2, 0.25) is 0 Å². The SMILES string of the molecule is Cc1coc(SCC2(O)CCC(C(=O)O)CC2)n1. The molecule has 2 N–H and O–H groups in total. The molecule has 1 saturated carbocycles. The van der Waals surface area contributed by atoms with Crippen molar-refractivity contribution in [3.05, 3.63) is 12.0 Å². The molecule has 5 nitrogen and oxygen atoms in total. The fourth-order valence-electron chi connectivity index (χ4n) is 2.14. The Morgan fingerprint density at radius 2 is 2.28 bits per heavy atom. The van der Waals surface area contributed by atoms with Crippen LogP contribution in [-0.4, -0.2) is 32.5 Å². The van der Waals surface area contributed by atoms with Crippen LogP contribution < -0.4 is 0 Å². The van der Waals surface area contributed by atoms with Gasteiger partial charge in [0.1, 0.15) is 6.26 Å². The number of carboxylic acids is 1. The Kier molecular flexibility index (Phi) is 3.97. The van der Waals surface area contributed by atoms with Crippen molar-refractivity contribution in [3.8, 4) is 0 Å². The molecule has 1 aromatic rings. The first-order valence-corrected chi connectivity index (χ1v) is 6.97. The fourth-order valence-corrected chi connectivity index (χ4v) is 3.15. The minimum absolute atomic E-state index is 0.306. The normalized spacial score (nSPS) is 28.2. The molecule has 1 heterocycles. The van der Waals surface area contributed by atoms with Gasteiger partial charge in [0.2, 0.25) is 0 Å². The van der Waals surface area contributed by atoms with Crippen LogP contribution in [0.15, 0.2) is 15.9 Å². The Balaban J connectivity index is 1.84. The van der Waals surface area contributed by atoms with E-state index in [0.29, 0.717) is 36.7 Å². The molecule has 1 aliphatic carbocycles. The van der Waals surface area contributed by atoms with Gasteiger partial charge >= 0.3 is 5.97 Å². The predicted molar refractivity (Wildman–Crippen MR) is 66.5 cm³/mol. The van der Waals surface area contributed by atoms with E-state index in [1.807, 2.05) is 6.92 Å². The van der Waals surface area contributed by atoms with Crippen molar-refractivity contribution >= 4 is 17.7 Å². The number of oxazole rings is 1. The Labute approximate surface area is 110 Å². The Morgan fingerprint density at radius 1 is 1.61 bits per heavy atom. The summed E-state index contributed by atoms with van der Waals surface area (Å²) in [6, 6.07) is 0. The maximum Gasteiger partial charge on any atom is 0.306 e. The average Bonchev–Trinajstić information content (AvgIpc) is 2.73. The Bertz CT molecular complexity index is 423. The quantitative estimate of drug-likeness (QED) is 0.816. The molecular formula is C12H17NO4S. The molecule has 1 aliphatic rings. The third-order valence-corrected chi connectivity index (χ3v) is 4.44. The van der Waals surface area contributed by atoms with E-state index in [1.165, 1.54) is 11.8 Å². The van der Waals surface area contributed by atoms with Crippen LogP contribution in [0.3, 0.4) is 0 Å². The molecule has 18 heavy (non-hydrogen) atoms. The largest absolute Gasteiger partial charge is 0.481 e. The summed E-state index contributed by atoms with van der Waals surface area (Å²) in [5, 5.41) is 19.8. The highest BCUT2D eigenvalue weighted by molar-refractivity contribution is 7.99. The summed E-state index contributed by atoms with van der Waals surface area (Å²) in [5.41, 5.74) is 0.0259. The van der Waals surface area contributed by atoms with Crippen molar-refractivity contribution in [3.63, 3.8) is 0 Å². The Hall–Kier alpha value is -1.01. The first-order chi connectivity index (χ1) is 8.48. The van der Waals surface area contributed by atoms with Crippen molar-refractivity contribution in [2.24, 2.45) is 5.92 Å². The minimum atomic E-state index is -0.793. The molecule has 0 spiro atoms. The monoisotopic (exact) mass is 271 g/mol. The molecule has 0 aliphatic heterocycles. The van der Waals surface area contributed by atoms with Gasteiger partial charge in [0.25, 0.3) is 5.22 Å². The summed E-state index contributed by atoms with van der Waals surface area (Å²) in [4.78, 5) is 15.0. The van der Waals surface area contributed by atoms with Gasteiger partial charge in [-0.3, -0.25) is 4.79 Å². The first kappa shape index (κ1) is 13.4. The van der Waals surface area contributed by atoms with Crippen molar-refractivity contribution < 1.29 is 19.4 Å². The van der Waals surface area contributed by atoms with E-state index in [1.54, 1.807) is 6.26 Å². The smallest absolute Gasteiger partial charge is 0.306 e. The number of aliphatic hydroxyl groups is 1. The highest BCUT2D eigenvalue weighted by atomic mass is 32.2. The highest BCUT2D eigenvalue weighted by Gasteiger charge is 2.36. The number of aryl methyl sites for hydroxylation is 1. The zero-order valence-electron chi connectivity index (χ0n) is 10.3. The van der Waals surface area contributed by atoms with E-state index in [2.05, 4.69) is 4.98 Å². The number of hydrogen-bond acceptors (Lipinski definition) is 5. The summed E-state index contributed by atoms with van der Waals surface area (Å²) in [7, 11) is 0. The second kappa shape index (κ2) is 5.32. The lowest BCUT2D eigenvalue weighted by Crippen LogP contribution is -2.38. The summed E-state index contributed by atoms with van der Waals surface area (Å²) in [6.07, 6.45) is 3.70. The second-order valence-corrected chi connectivity index (χ2v) is 5.81. The lowest BCUT2D eigenvalue weighted by Gasteiger charge is -2.33. The lowest BCUT2D eigenvalue weighted by molar-refractivity contribution is -0.144. The van der Waals surface area contributed by atoms with Gasteiger partial charge in [-0.2, -0.15) is 0 Å². The predicted octanol–water partition coefficient (Wildman–Crippen LogP) is 2.08. The standard InChI is InChI=1S/C12H17NO4S/c1-8-6-17-11(13-8)18-7-12(16)4-2-9(3-5-12)10(14)15/h6,9,16H,2-5,7H2,1H3,(H,14,15). The zero-order chi connectivity index (χ0) is 13.2. The lowest BCUT2D eigenvalue weighted by atomic mass is 9.80. The van der Waals surface area contributed by atoms with Crippen molar-refractivity contribution in [1.82, 2.24) is 4.98 Å². The van der Waals surface area contributed by atoms with Gasteiger partial charge in [-0.1, -0.05) is 11.8 Å². The summed E-state index contributed by atoms with van der Waals surface area (Å²) in [5.74, 6) is -0.563. The van der Waals surface area contributed by atoms with Crippen molar-refractivity contribution in [1.29, 1.82) is 0 Å². The van der Waals surface area contributed by atoms with E-state index in [-0.39, 0.29) is 5.92 Å². The maximum atomic E-state index is 10.8. The molecule has 0 aromatic carbocycles. The maximum absolute atomic E-state index is 10.8. The van der Waals surface area contributed by atoms with Gasteiger partial charge in [0.05, 0.1) is 17.2 Å². The van der Waals surface area contributed by atoms with E-state index in [4.69, 9.17) is 9.52 Å². The molecule has 100 valence electrons. The van der Waals surface area contributed by atoms with Gasteiger partial charge in [-0.15, -0.1) is 0 Å². The van der Waals surface area contributed by atoms with E-state index in [0.717, 1.165) is 5.69 Å². The van der Waals surface area contributed by atoms with Crippen molar-refractivity contribution in [2.45, 2.75) is 43.4 Å². The molecule has 2 rings (SSSR count). The molecule has 0 saturated heterocycles. The Morgan fingerprint density at radius 3 is 2.78 bits per heavy atom.